The summed E-state index contributed by atoms with van der Waals surface area (Å²) in [5, 5.41) is 0. The van der Waals surface area contributed by atoms with Gasteiger partial charge in [0.15, 0.2) is 11.4 Å². The molecule has 0 N–H and O–H groups in total. The Hall–Kier alpha value is -1.79. The van der Waals surface area contributed by atoms with Crippen LogP contribution in [-0.4, -0.2) is 46.0 Å². The number of rotatable bonds is 7. The minimum Gasteiger partial charge on any atom is -0.450 e. The topological polar surface area (TPSA) is 86.7 Å². The van der Waals surface area contributed by atoms with Gasteiger partial charge in [-0.2, -0.15) is 0 Å². The van der Waals surface area contributed by atoms with Crippen molar-refractivity contribution in [3.05, 3.63) is 23.8 Å². The number of Topliss-reactive ketones (excluding diaryl/α,β-unsaturated/α-hetero) is 2. The second-order valence-electron chi connectivity index (χ2n) is 12.2. The lowest BCUT2D eigenvalue weighted by Crippen LogP contribution is -2.70. The average molecular weight is 533 g/mol. The normalized spacial score (nSPS) is 42.5. The molecule has 4 aliphatic rings. The summed E-state index contributed by atoms with van der Waals surface area (Å²) in [6, 6.07) is 0. The van der Waals surface area contributed by atoms with E-state index in [4.69, 9.17) is 21.1 Å². The van der Waals surface area contributed by atoms with E-state index >= 15 is 0 Å². The molecule has 0 heterocycles. The molecule has 0 aromatic carbocycles. The van der Waals surface area contributed by atoms with E-state index in [9.17, 15) is 19.2 Å². The summed E-state index contributed by atoms with van der Waals surface area (Å²) in [4.78, 5) is 51.2. The summed E-state index contributed by atoms with van der Waals surface area (Å²) in [7, 11) is 0. The van der Waals surface area contributed by atoms with Crippen molar-refractivity contribution in [3.63, 3.8) is 0 Å². The van der Waals surface area contributed by atoms with Crippen molar-refractivity contribution >= 4 is 34.9 Å². The van der Waals surface area contributed by atoms with Crippen molar-refractivity contribution in [2.24, 2.45) is 28.6 Å². The van der Waals surface area contributed by atoms with E-state index in [1.165, 1.54) is 0 Å². The zero-order chi connectivity index (χ0) is 27.6. The molecule has 4 aliphatic carbocycles. The van der Waals surface area contributed by atoms with Crippen LogP contribution in [0.25, 0.3) is 0 Å². The second-order valence-corrected chi connectivity index (χ2v) is 12.9. The summed E-state index contributed by atoms with van der Waals surface area (Å²) in [6.45, 7) is 13.3. The van der Waals surface area contributed by atoms with Crippen molar-refractivity contribution in [2.45, 2.75) is 110 Å². The number of ketones is 3. The Morgan fingerprint density at radius 1 is 1.14 bits per heavy atom. The zero-order valence-electron chi connectivity index (χ0n) is 23.2. The van der Waals surface area contributed by atoms with Gasteiger partial charge in [-0.15, -0.1) is 11.6 Å². The largest absolute Gasteiger partial charge is 0.450 e. The molecule has 0 aromatic heterocycles. The standard InChI is InChI=1S/C30H41ClO6/c1-8-23(33)26(35)30(37-25(34)9-2)18(5)14-22-21-11-10-19-15-20(32)12-13-27(19,6)29(21,31)24(36-17(3)4)16-28(22,30)7/h12-13,15,17-18,21-22,24H,8-11,14,16H2,1-7H3/t18-,21-,22-,24-,27-,28-,29-,30-/m0/s1. The van der Waals surface area contributed by atoms with Crippen molar-refractivity contribution in [1.29, 1.82) is 0 Å². The zero-order valence-corrected chi connectivity index (χ0v) is 23.9. The highest BCUT2D eigenvalue weighted by molar-refractivity contribution is 6.40. The first-order valence-corrected chi connectivity index (χ1v) is 14.2. The minimum absolute atomic E-state index is 0.0307. The fourth-order valence-electron chi connectivity index (χ4n) is 8.34. The van der Waals surface area contributed by atoms with Gasteiger partial charge in [0.25, 0.3) is 0 Å². The maximum atomic E-state index is 14.0. The Morgan fingerprint density at radius 2 is 1.81 bits per heavy atom. The van der Waals surface area contributed by atoms with Crippen LogP contribution in [0.5, 0.6) is 0 Å². The molecule has 8 atom stereocenters. The number of ether oxygens (including phenoxy) is 2. The quantitative estimate of drug-likeness (QED) is 0.243. The summed E-state index contributed by atoms with van der Waals surface area (Å²) < 4.78 is 12.7. The lowest BCUT2D eigenvalue weighted by molar-refractivity contribution is -0.207. The van der Waals surface area contributed by atoms with Gasteiger partial charge in [-0.05, 0) is 63.5 Å². The summed E-state index contributed by atoms with van der Waals surface area (Å²) in [6.07, 6.45) is 7.20. The van der Waals surface area contributed by atoms with Gasteiger partial charge >= 0.3 is 5.97 Å². The van der Waals surface area contributed by atoms with E-state index < -0.39 is 44.9 Å². The molecule has 37 heavy (non-hydrogen) atoms. The number of fused-ring (bicyclic) bond motifs is 5. The van der Waals surface area contributed by atoms with Gasteiger partial charge < -0.3 is 9.47 Å². The van der Waals surface area contributed by atoms with E-state index in [1.807, 2.05) is 33.8 Å². The number of allylic oxidation sites excluding steroid dienone is 4. The van der Waals surface area contributed by atoms with E-state index in [-0.39, 0.29) is 42.5 Å². The van der Waals surface area contributed by atoms with Crippen molar-refractivity contribution in [1.82, 2.24) is 0 Å². The average Bonchev–Trinajstić information content (AvgIpc) is 3.05. The Kier molecular flexibility index (Phi) is 7.20. The Balaban J connectivity index is 1.93. The number of hydrogen-bond donors (Lipinski definition) is 0. The first-order chi connectivity index (χ1) is 17.2. The maximum Gasteiger partial charge on any atom is 0.306 e. The van der Waals surface area contributed by atoms with Crippen LogP contribution in [0.1, 0.15) is 87.0 Å². The molecule has 204 valence electrons. The molecule has 3 fully saturated rings. The Morgan fingerprint density at radius 3 is 2.41 bits per heavy atom. The predicted molar refractivity (Wildman–Crippen MR) is 141 cm³/mol. The molecular formula is C30H41ClO6. The van der Waals surface area contributed by atoms with Gasteiger partial charge in [0.1, 0.15) is 0 Å². The van der Waals surface area contributed by atoms with E-state index in [1.54, 1.807) is 26.0 Å². The second kappa shape index (κ2) is 9.44. The number of halogens is 1. The first-order valence-electron chi connectivity index (χ1n) is 13.8. The van der Waals surface area contributed by atoms with E-state index in [0.29, 0.717) is 19.3 Å². The number of esters is 1. The number of hydrogen-bond acceptors (Lipinski definition) is 6. The smallest absolute Gasteiger partial charge is 0.306 e. The van der Waals surface area contributed by atoms with Gasteiger partial charge in [0, 0.05) is 29.6 Å². The summed E-state index contributed by atoms with van der Waals surface area (Å²) >= 11 is 7.83. The van der Waals surface area contributed by atoms with Crippen LogP contribution in [0, 0.1) is 28.6 Å². The molecule has 0 unspecified atom stereocenters. The molecule has 0 spiro atoms. The maximum absolute atomic E-state index is 14.0. The molecule has 0 bridgehead atoms. The lowest BCUT2D eigenvalue weighted by atomic mass is 9.45. The molecule has 6 nitrogen and oxygen atoms in total. The molecule has 0 aromatic rings. The Labute approximate surface area is 225 Å². The SMILES string of the molecule is CCC(=O)O[C@]1(C(=O)C(=O)CC)[C@@H](C)C[C@H]2[C@@H]3CCC4=CC(=O)C=C[C@]4(C)[C@@]3(Cl)[C@@H](OC(C)C)C[C@@]21C. The van der Waals surface area contributed by atoms with Crippen molar-refractivity contribution in [3.8, 4) is 0 Å². The van der Waals surface area contributed by atoms with Crippen LogP contribution >= 0.6 is 11.6 Å². The molecule has 7 heteroatoms. The fourth-order valence-corrected chi connectivity index (χ4v) is 8.91. The third-order valence-electron chi connectivity index (χ3n) is 10.1. The third-order valence-corrected chi connectivity index (χ3v) is 11.0. The first kappa shape index (κ1) is 28.2. The summed E-state index contributed by atoms with van der Waals surface area (Å²) in [5.74, 6) is -2.14. The van der Waals surface area contributed by atoms with Crippen LogP contribution in [0.15, 0.2) is 23.8 Å². The molecular weight excluding hydrogens is 492 g/mol. The van der Waals surface area contributed by atoms with Crippen LogP contribution < -0.4 is 0 Å². The van der Waals surface area contributed by atoms with Gasteiger partial charge in [0.05, 0.1) is 17.1 Å². The summed E-state index contributed by atoms with van der Waals surface area (Å²) in [5.41, 5.74) is -2.00. The highest BCUT2D eigenvalue weighted by Crippen LogP contribution is 2.72. The molecule has 0 amide bonds. The molecule has 0 radical (unpaired) electrons. The molecule has 0 saturated heterocycles. The third kappa shape index (κ3) is 3.76. The highest BCUT2D eigenvalue weighted by atomic mass is 35.5. The predicted octanol–water partition coefficient (Wildman–Crippen LogP) is 5.55. The number of carbonyl (C=O) groups is 4. The monoisotopic (exact) mass is 532 g/mol. The van der Waals surface area contributed by atoms with Gasteiger partial charge in [-0.25, -0.2) is 0 Å². The lowest BCUT2D eigenvalue weighted by Gasteiger charge is -2.65. The van der Waals surface area contributed by atoms with Crippen molar-refractivity contribution in [2.75, 3.05) is 0 Å². The molecule has 0 aliphatic heterocycles. The molecule has 4 rings (SSSR count). The van der Waals surface area contributed by atoms with Gasteiger partial charge in [-0.3, -0.25) is 19.2 Å². The van der Waals surface area contributed by atoms with E-state index in [2.05, 4.69) is 6.92 Å². The molecule has 3 saturated carbocycles. The van der Waals surface area contributed by atoms with Gasteiger partial charge in [-0.1, -0.05) is 46.3 Å². The van der Waals surface area contributed by atoms with Gasteiger partial charge in [0.2, 0.25) is 11.6 Å². The Bertz CT molecular complexity index is 1080. The van der Waals surface area contributed by atoms with Crippen molar-refractivity contribution < 1.29 is 28.7 Å². The fraction of sp³-hybridized carbons (Fsp3) is 0.733. The van der Waals surface area contributed by atoms with Crippen LogP contribution in [0.4, 0.5) is 0 Å². The van der Waals surface area contributed by atoms with Crippen LogP contribution in [0.2, 0.25) is 0 Å². The van der Waals surface area contributed by atoms with Crippen LogP contribution in [-0.2, 0) is 28.7 Å². The minimum atomic E-state index is -1.57. The van der Waals surface area contributed by atoms with Crippen LogP contribution in [0.3, 0.4) is 0 Å². The van der Waals surface area contributed by atoms with E-state index in [0.717, 1.165) is 12.0 Å². The highest BCUT2D eigenvalue weighted by Gasteiger charge is 2.77. The number of carbonyl (C=O) groups excluding carboxylic acids is 4. The number of alkyl halides is 1.